The number of nitrogens with one attached hydrogen (secondary N) is 2. The zero-order valence-corrected chi connectivity index (χ0v) is 26.3. The van der Waals surface area contributed by atoms with Gasteiger partial charge in [0.15, 0.2) is 0 Å². The van der Waals surface area contributed by atoms with Crippen molar-refractivity contribution in [2.45, 2.75) is 136 Å². The molecular weight excluding hydrogens is 514 g/mol. The summed E-state index contributed by atoms with van der Waals surface area (Å²) in [4.78, 5) is 11.8. The highest BCUT2D eigenvalue weighted by Gasteiger charge is 2.12. The summed E-state index contributed by atoms with van der Waals surface area (Å²) < 4.78 is 6.28. The highest BCUT2D eigenvalue weighted by atomic mass is 35.5. The Morgan fingerprint density at radius 1 is 0.725 bits per heavy atom. The molecule has 3 rings (SSSR count). The molecule has 0 aromatic carbocycles. The van der Waals surface area contributed by atoms with Crippen LogP contribution < -0.4 is 4.74 Å². The van der Waals surface area contributed by atoms with Crippen LogP contribution in [0, 0.1) is 0 Å². The molecule has 3 heterocycles. The van der Waals surface area contributed by atoms with Crippen LogP contribution in [0.2, 0.25) is 0 Å². The number of H-pyrrole nitrogens is 2. The summed E-state index contributed by atoms with van der Waals surface area (Å²) in [6.07, 6.45) is 33.6. The van der Waals surface area contributed by atoms with Crippen LogP contribution in [0.15, 0.2) is 47.2 Å². The Balaban J connectivity index is 0.00000560. The molecule has 0 radical (unpaired) electrons. The number of aromatic amines is 2. The van der Waals surface area contributed by atoms with Gasteiger partial charge in [-0.1, -0.05) is 117 Å². The number of aliphatic imine (C=N–C) groups is 1. The lowest BCUT2D eigenvalue weighted by Gasteiger charge is -2.06. The average molecular weight is 570 g/mol. The lowest BCUT2D eigenvalue weighted by Crippen LogP contribution is -1.97. The monoisotopic (exact) mass is 569 g/mol. The van der Waals surface area contributed by atoms with Crippen molar-refractivity contribution >= 4 is 24.2 Å². The molecule has 2 N–H and O–H groups in total. The average Bonchev–Trinajstić information content (AvgIpc) is 3.71. The molecule has 4 nitrogen and oxygen atoms in total. The van der Waals surface area contributed by atoms with Gasteiger partial charge in [0.2, 0.25) is 0 Å². The van der Waals surface area contributed by atoms with Gasteiger partial charge in [0.25, 0.3) is 0 Å². The van der Waals surface area contributed by atoms with Gasteiger partial charge < -0.3 is 14.7 Å². The molecule has 2 aromatic rings. The predicted octanol–water partition coefficient (Wildman–Crippen LogP) is 11.6. The Bertz CT molecular complexity index is 986. The van der Waals surface area contributed by atoms with Crippen LogP contribution in [0.3, 0.4) is 0 Å². The Labute approximate surface area is 251 Å². The van der Waals surface area contributed by atoms with E-state index in [0.29, 0.717) is 0 Å². The fraction of sp³-hybridized carbons (Fsp3) is 0.629. The third kappa shape index (κ3) is 13.4. The summed E-state index contributed by atoms with van der Waals surface area (Å²) in [5.41, 5.74) is 5.34. The second-order valence-electron chi connectivity index (χ2n) is 11.3. The number of nitrogens with zero attached hydrogens (tertiary/aromatic N) is 1. The number of ether oxygens (including phenoxy) is 1. The molecular formula is C35H56ClN3O. The zero-order chi connectivity index (χ0) is 27.4. The lowest BCUT2D eigenvalue weighted by atomic mass is 10.1. The van der Waals surface area contributed by atoms with Crippen molar-refractivity contribution in [2.75, 3.05) is 6.61 Å². The molecule has 0 unspecified atom stereocenters. The van der Waals surface area contributed by atoms with E-state index in [9.17, 15) is 0 Å². The van der Waals surface area contributed by atoms with Gasteiger partial charge >= 0.3 is 0 Å². The Kier molecular flexibility index (Phi) is 18.3. The van der Waals surface area contributed by atoms with Crippen molar-refractivity contribution in [1.29, 1.82) is 0 Å². The first-order valence-electron chi connectivity index (χ1n) is 16.3. The summed E-state index contributed by atoms with van der Waals surface area (Å²) >= 11 is 0. The number of halogens is 1. The van der Waals surface area contributed by atoms with E-state index in [0.717, 1.165) is 48.0 Å². The number of hydrogen-bond acceptors (Lipinski definition) is 2. The van der Waals surface area contributed by atoms with E-state index in [4.69, 9.17) is 9.73 Å². The van der Waals surface area contributed by atoms with E-state index in [2.05, 4.69) is 54.2 Å². The largest absolute Gasteiger partial charge is 0.491 e. The standard InChI is InChI=1S/C35H55N3O.ClH/c1-3-5-7-9-11-13-15-17-19-22-30-24-25-31(37-30)28-34-35(29-33(38-34)32-23-21-26-36-32)39-27-20-18-16-14-12-10-8-6-4-2;/h21,23-26,28-29,36,38H,3-20,22,27H2,1-2H3;1H. The van der Waals surface area contributed by atoms with Gasteiger partial charge in [-0.05, 0) is 49.6 Å². The molecule has 0 saturated carbocycles. The van der Waals surface area contributed by atoms with Crippen LogP contribution in [0.25, 0.3) is 17.5 Å². The maximum Gasteiger partial charge on any atom is 0.144 e. The number of rotatable bonds is 23. The number of hydrogen-bond donors (Lipinski definition) is 2. The van der Waals surface area contributed by atoms with Gasteiger partial charge in [0, 0.05) is 18.0 Å². The molecule has 0 fully saturated rings. The van der Waals surface area contributed by atoms with Crippen molar-refractivity contribution in [3.63, 3.8) is 0 Å². The van der Waals surface area contributed by atoms with Crippen LogP contribution in [0.5, 0.6) is 5.75 Å². The fourth-order valence-electron chi connectivity index (χ4n) is 5.32. The zero-order valence-electron chi connectivity index (χ0n) is 25.4. The van der Waals surface area contributed by atoms with Crippen LogP contribution >= 0.6 is 12.4 Å². The summed E-state index contributed by atoms with van der Waals surface area (Å²) in [6.45, 7) is 5.32. The van der Waals surface area contributed by atoms with Crippen molar-refractivity contribution in [2.24, 2.45) is 4.99 Å². The highest BCUT2D eigenvalue weighted by Crippen LogP contribution is 2.30. The van der Waals surface area contributed by atoms with Crippen molar-refractivity contribution in [3.8, 4) is 17.1 Å². The van der Waals surface area contributed by atoms with Gasteiger partial charge in [-0.15, -0.1) is 12.4 Å². The molecule has 0 aliphatic carbocycles. The van der Waals surface area contributed by atoms with E-state index in [-0.39, 0.29) is 12.4 Å². The third-order valence-corrected chi connectivity index (χ3v) is 7.75. The molecule has 5 heteroatoms. The minimum absolute atomic E-state index is 0. The molecule has 0 atom stereocenters. The number of unbranched alkanes of at least 4 members (excludes halogenated alkanes) is 16. The Hall–Kier alpha value is -2.20. The summed E-state index contributed by atoms with van der Waals surface area (Å²) in [6, 6.07) is 6.24. The van der Waals surface area contributed by atoms with Crippen LogP contribution in [0.4, 0.5) is 0 Å². The SMILES string of the molecule is CCCCCCCCCCCOc1cc(-c2ccc[nH]2)[nH]c1C=C1C=CC(CCCCCCCCCCC)=N1.Cl. The Morgan fingerprint density at radius 3 is 1.93 bits per heavy atom. The van der Waals surface area contributed by atoms with Gasteiger partial charge in [-0.25, -0.2) is 0 Å². The summed E-state index contributed by atoms with van der Waals surface area (Å²) in [5, 5.41) is 0. The molecule has 0 bridgehead atoms. The first kappa shape index (κ1) is 34.0. The summed E-state index contributed by atoms with van der Waals surface area (Å²) in [5.74, 6) is 0.919. The van der Waals surface area contributed by atoms with Crippen molar-refractivity contribution < 1.29 is 4.74 Å². The molecule has 40 heavy (non-hydrogen) atoms. The first-order valence-corrected chi connectivity index (χ1v) is 16.3. The van der Waals surface area contributed by atoms with Crippen LogP contribution in [-0.4, -0.2) is 22.3 Å². The Morgan fingerprint density at radius 2 is 1.32 bits per heavy atom. The van der Waals surface area contributed by atoms with Crippen molar-refractivity contribution in [1.82, 2.24) is 9.97 Å². The molecule has 1 aliphatic heterocycles. The van der Waals surface area contributed by atoms with Crippen molar-refractivity contribution in [3.05, 3.63) is 47.9 Å². The van der Waals surface area contributed by atoms with E-state index in [1.165, 1.54) is 115 Å². The second kappa shape index (κ2) is 21.5. The molecule has 0 spiro atoms. The fourth-order valence-corrected chi connectivity index (χ4v) is 5.32. The maximum atomic E-state index is 6.28. The first-order chi connectivity index (χ1) is 19.3. The molecule has 224 valence electrons. The number of allylic oxidation sites excluding steroid dienone is 2. The summed E-state index contributed by atoms with van der Waals surface area (Å²) in [7, 11) is 0. The van der Waals surface area contributed by atoms with Gasteiger partial charge in [0.1, 0.15) is 5.75 Å². The molecule has 0 saturated heterocycles. The highest BCUT2D eigenvalue weighted by molar-refractivity contribution is 5.99. The van der Waals surface area contributed by atoms with Gasteiger partial charge in [-0.3, -0.25) is 4.99 Å². The van der Waals surface area contributed by atoms with Crippen LogP contribution in [-0.2, 0) is 0 Å². The minimum Gasteiger partial charge on any atom is -0.491 e. The quantitative estimate of drug-likeness (QED) is 0.128. The molecule has 2 aromatic heterocycles. The predicted molar refractivity (Wildman–Crippen MR) is 177 cm³/mol. The van der Waals surface area contributed by atoms with E-state index in [1.807, 2.05) is 12.3 Å². The van der Waals surface area contributed by atoms with E-state index >= 15 is 0 Å². The normalized spacial score (nSPS) is 13.7. The van der Waals surface area contributed by atoms with E-state index < -0.39 is 0 Å². The number of aromatic nitrogens is 2. The minimum atomic E-state index is 0. The topological polar surface area (TPSA) is 53.2 Å². The molecule has 0 amide bonds. The third-order valence-electron chi connectivity index (χ3n) is 7.75. The smallest absolute Gasteiger partial charge is 0.144 e. The van der Waals surface area contributed by atoms with Gasteiger partial charge in [-0.2, -0.15) is 0 Å². The van der Waals surface area contributed by atoms with E-state index in [1.54, 1.807) is 0 Å². The van der Waals surface area contributed by atoms with Crippen LogP contribution in [0.1, 0.15) is 142 Å². The maximum absolute atomic E-state index is 6.28. The van der Waals surface area contributed by atoms with Gasteiger partial charge in [0.05, 0.1) is 29.4 Å². The second-order valence-corrected chi connectivity index (χ2v) is 11.3. The lowest BCUT2D eigenvalue weighted by molar-refractivity contribution is 0.304. The molecule has 1 aliphatic rings.